The number of rotatable bonds is 7. The van der Waals surface area contributed by atoms with Crippen molar-refractivity contribution in [2.45, 2.75) is 38.5 Å². The van der Waals surface area contributed by atoms with Crippen LogP contribution in [0.15, 0.2) is 317 Å². The van der Waals surface area contributed by atoms with E-state index < -0.39 is 0 Å². The number of anilines is 5. The summed E-state index contributed by atoms with van der Waals surface area (Å²) in [6, 6.07) is 107. The zero-order chi connectivity index (χ0) is 65.1. The number of fused-ring (bicyclic) bond motifs is 18. The summed E-state index contributed by atoms with van der Waals surface area (Å²) in [6.07, 6.45) is 0. The van der Waals surface area contributed by atoms with Crippen LogP contribution >= 0.6 is 15.9 Å². The number of benzene rings is 12. The van der Waals surface area contributed by atoms with Crippen LogP contribution in [0.2, 0.25) is 0 Å². The highest BCUT2D eigenvalue weighted by atomic mass is 79.9. The summed E-state index contributed by atoms with van der Waals surface area (Å²) >= 11 is 3.69. The van der Waals surface area contributed by atoms with Gasteiger partial charge in [-0.15, -0.1) is 0 Å². The van der Waals surface area contributed by atoms with Gasteiger partial charge in [-0.25, -0.2) is 9.03 Å². The molecule has 0 radical (unpaired) electrons. The Morgan fingerprint density at radius 2 is 0.773 bits per heavy atom. The maximum atomic E-state index is 6.28. The van der Waals surface area contributed by atoms with Crippen molar-refractivity contribution in [3.8, 4) is 44.8 Å². The zero-order valence-electron chi connectivity index (χ0n) is 53.8. The first-order valence-electron chi connectivity index (χ1n) is 33.0. The second-order valence-corrected chi connectivity index (χ2v) is 27.1. The highest BCUT2D eigenvalue weighted by Crippen LogP contribution is 2.53. The van der Waals surface area contributed by atoms with Crippen molar-refractivity contribution in [2.75, 3.05) is 10.2 Å². The number of furan rings is 2. The third-order valence-corrected chi connectivity index (χ3v) is 20.7. The lowest BCUT2D eigenvalue weighted by molar-refractivity contribution is 0.660. The summed E-state index contributed by atoms with van der Waals surface area (Å²) in [6.45, 7) is 9.28. The van der Waals surface area contributed by atoms with Crippen LogP contribution in [0, 0.1) is 0 Å². The minimum Gasteiger partial charge on any atom is -0.456 e. The second-order valence-electron chi connectivity index (χ2n) is 26.3. The average Bonchev–Trinajstić information content (AvgIpc) is 1.60. The van der Waals surface area contributed by atoms with Crippen molar-refractivity contribution >= 4 is 121 Å². The fraction of sp³-hybridized carbons (Fsp3) is 0.0682. The molecule has 0 saturated carbocycles. The Labute approximate surface area is 569 Å². The van der Waals surface area contributed by atoms with Crippen LogP contribution in [0.4, 0.5) is 28.4 Å². The molecule has 20 rings (SSSR count). The van der Waals surface area contributed by atoms with Crippen molar-refractivity contribution < 1.29 is 8.83 Å². The lowest BCUT2D eigenvalue weighted by atomic mass is 9.82. The average molecular weight is 1320 g/mol. The first-order valence-corrected chi connectivity index (χ1v) is 33.8. The van der Waals surface area contributed by atoms with E-state index in [1.54, 1.807) is 0 Å². The monoisotopic (exact) mass is 1310 g/mol. The lowest BCUT2D eigenvalue weighted by Gasteiger charge is -2.27. The molecular formula is C88H63BrN6O2. The molecule has 0 bridgehead atoms. The molecule has 0 spiro atoms. The highest BCUT2D eigenvalue weighted by molar-refractivity contribution is 9.10. The first-order chi connectivity index (χ1) is 47.5. The zero-order valence-corrected chi connectivity index (χ0v) is 55.4. The van der Waals surface area contributed by atoms with Crippen molar-refractivity contribution in [2.24, 2.45) is 0 Å². The molecule has 6 heterocycles. The van der Waals surface area contributed by atoms with E-state index in [0.717, 1.165) is 127 Å². The smallest absolute Gasteiger partial charge is 0.135 e. The van der Waals surface area contributed by atoms with E-state index in [0.29, 0.717) is 0 Å². The van der Waals surface area contributed by atoms with Crippen LogP contribution in [-0.2, 0) is 10.8 Å². The Kier molecular flexibility index (Phi) is 13.6. The number of para-hydroxylation sites is 4. The molecule has 0 aliphatic heterocycles. The fourth-order valence-electron chi connectivity index (χ4n) is 15.1. The third-order valence-electron chi connectivity index (χ3n) is 19.9. The summed E-state index contributed by atoms with van der Waals surface area (Å²) in [5.74, 6) is 0. The summed E-state index contributed by atoms with van der Waals surface area (Å²) in [4.78, 5) is 2.40. The van der Waals surface area contributed by atoms with Gasteiger partial charge >= 0.3 is 0 Å². The highest BCUT2D eigenvalue weighted by Gasteiger charge is 2.37. The van der Waals surface area contributed by atoms with Gasteiger partial charge in [-0.2, -0.15) is 10.2 Å². The molecule has 97 heavy (non-hydrogen) atoms. The minimum absolute atomic E-state index is 0.0407. The standard InChI is InChI=1S/C44H31N3O.C27H21NO.C17H11BrN2/c1-44(2)36-17-9-7-15-32(36)34-26-30(21-23-37(34)44)46(31-22-25-41-35(27-31)33-16-8-11-19-40(33)48-41)43-39-24-20-28-12-6-10-18-38(28)47(39)45-42(43)29-13-4-3-5-14-29;1-27(2)23-9-5-3-7-19(23)21-15-17(11-13-24(21)27)28-18-12-14-26-22(16-18)20-8-4-6-10-25(20)29-26;18-16-15-11-10-12-6-4-5-9-14(12)20(15)19-17(16)13-7-2-1-3-8-13/h3-27H,1-2H3;3-16,28H,1-2H3;1-11H. The molecular weight excluding hydrogens is 1250 g/mol. The van der Waals surface area contributed by atoms with E-state index in [1.807, 2.05) is 65.2 Å². The number of nitrogens with zero attached hydrogens (tertiary/aromatic N) is 5. The lowest BCUT2D eigenvalue weighted by Crippen LogP contribution is -2.15. The number of hydrogen-bond donors (Lipinski definition) is 1. The number of pyridine rings is 2. The molecule has 9 heteroatoms. The molecule has 2 aliphatic rings. The largest absolute Gasteiger partial charge is 0.456 e. The summed E-state index contributed by atoms with van der Waals surface area (Å²) in [5, 5.41) is 20.6. The molecule has 1 N–H and O–H groups in total. The van der Waals surface area contributed by atoms with Crippen LogP contribution in [0.3, 0.4) is 0 Å². The van der Waals surface area contributed by atoms with Gasteiger partial charge in [-0.05, 0) is 157 Å². The first kappa shape index (κ1) is 57.8. The van der Waals surface area contributed by atoms with E-state index >= 15 is 0 Å². The topological polar surface area (TPSA) is 76.2 Å². The number of nitrogens with one attached hydrogen (secondary N) is 1. The molecule has 6 aromatic heterocycles. The molecule has 2 aliphatic carbocycles. The van der Waals surface area contributed by atoms with Crippen LogP contribution in [0.5, 0.6) is 0 Å². The van der Waals surface area contributed by atoms with Gasteiger partial charge in [0, 0.05) is 77.0 Å². The Morgan fingerprint density at radius 1 is 0.340 bits per heavy atom. The van der Waals surface area contributed by atoms with Gasteiger partial charge in [0.05, 0.1) is 26.5 Å². The van der Waals surface area contributed by atoms with Crippen molar-refractivity contribution in [3.63, 3.8) is 0 Å². The third kappa shape index (κ3) is 9.55. The number of aromatic nitrogens is 4. The Bertz CT molecular complexity index is 6150. The maximum Gasteiger partial charge on any atom is 0.135 e. The molecule has 0 fully saturated rings. The summed E-state index contributed by atoms with van der Waals surface area (Å²) in [7, 11) is 0. The number of halogens is 1. The van der Waals surface area contributed by atoms with Gasteiger partial charge in [0.25, 0.3) is 0 Å². The van der Waals surface area contributed by atoms with E-state index in [2.05, 4.69) is 301 Å². The fourth-order valence-corrected chi connectivity index (χ4v) is 15.8. The van der Waals surface area contributed by atoms with E-state index in [-0.39, 0.29) is 10.8 Å². The normalized spacial score (nSPS) is 13.2. The predicted molar refractivity (Wildman–Crippen MR) is 405 cm³/mol. The molecule has 8 nitrogen and oxygen atoms in total. The van der Waals surface area contributed by atoms with Crippen LogP contribution in [-0.4, -0.2) is 19.2 Å². The Morgan fingerprint density at radius 3 is 1.41 bits per heavy atom. The second kappa shape index (κ2) is 22.7. The van der Waals surface area contributed by atoms with Gasteiger partial charge in [0.1, 0.15) is 39.4 Å². The van der Waals surface area contributed by atoms with Crippen molar-refractivity contribution in [1.29, 1.82) is 0 Å². The predicted octanol–water partition coefficient (Wildman–Crippen LogP) is 24.4. The van der Waals surface area contributed by atoms with E-state index in [9.17, 15) is 0 Å². The maximum absolute atomic E-state index is 6.28. The molecule has 18 aromatic rings. The van der Waals surface area contributed by atoms with Gasteiger partial charge in [-0.3, -0.25) is 0 Å². The van der Waals surface area contributed by atoms with Crippen LogP contribution < -0.4 is 10.2 Å². The molecule has 464 valence electrons. The molecule has 0 unspecified atom stereocenters. The van der Waals surface area contributed by atoms with E-state index in [1.165, 1.54) is 49.9 Å². The van der Waals surface area contributed by atoms with Gasteiger partial charge in [-0.1, -0.05) is 234 Å². The molecule has 12 aromatic carbocycles. The van der Waals surface area contributed by atoms with Gasteiger partial charge in [0.15, 0.2) is 0 Å². The van der Waals surface area contributed by atoms with Crippen molar-refractivity contribution in [1.82, 2.24) is 19.2 Å². The SMILES string of the molecule is Brc1c(-c2ccccc2)nn2c1ccc1ccccc12.CC1(C)c2ccccc2-c2cc(N(c3ccc4oc5ccccc5c4c3)c3c(-c4ccccc4)nn4c3ccc3ccccc34)ccc21.CC1(C)c2ccccc2-c2cc(Nc3ccc4oc5ccccc5c4c3)ccc21. The van der Waals surface area contributed by atoms with Gasteiger partial charge < -0.3 is 19.1 Å². The molecule has 0 saturated heterocycles. The van der Waals surface area contributed by atoms with Gasteiger partial charge in [0.2, 0.25) is 0 Å². The molecule has 0 amide bonds. The van der Waals surface area contributed by atoms with Crippen LogP contribution in [0.1, 0.15) is 49.9 Å². The minimum atomic E-state index is -0.0809. The van der Waals surface area contributed by atoms with E-state index in [4.69, 9.17) is 19.0 Å². The quantitative estimate of drug-likeness (QED) is 0.171. The summed E-state index contributed by atoms with van der Waals surface area (Å²) < 4.78 is 17.4. The Hall–Kier alpha value is -11.8. The van der Waals surface area contributed by atoms with Crippen molar-refractivity contribution in [3.05, 3.63) is 330 Å². The Balaban J connectivity index is 0.000000118. The van der Waals surface area contributed by atoms with Crippen LogP contribution in [0.25, 0.3) is 121 Å². The summed E-state index contributed by atoms with van der Waals surface area (Å²) in [5.41, 5.74) is 28.0. The number of hydrogen-bond acceptors (Lipinski definition) is 6. The molecule has 0 atom stereocenters.